The minimum atomic E-state index is -1.44. The number of hydrogen-bond donors (Lipinski definition) is 5. The summed E-state index contributed by atoms with van der Waals surface area (Å²) in [6, 6.07) is 6.64. The zero-order valence-corrected chi connectivity index (χ0v) is 19.3. The molecule has 0 saturated carbocycles. The maximum absolute atomic E-state index is 13.0. The van der Waals surface area contributed by atoms with E-state index in [1.165, 1.54) is 17.4 Å². The zero-order chi connectivity index (χ0) is 23.8. The van der Waals surface area contributed by atoms with Crippen molar-refractivity contribution in [3.05, 3.63) is 68.5 Å². The summed E-state index contributed by atoms with van der Waals surface area (Å²) in [5, 5.41) is 17.9. The maximum atomic E-state index is 13.0. The number of carbonyl (C=O) groups excluding carboxylic acids is 3. The summed E-state index contributed by atoms with van der Waals surface area (Å²) in [6.45, 7) is 3.75. The van der Waals surface area contributed by atoms with Gasteiger partial charge in [-0.3, -0.25) is 14.4 Å². The van der Waals surface area contributed by atoms with Gasteiger partial charge in [0.1, 0.15) is 18.2 Å². The number of nitrogens with two attached hydrogens (primary N) is 2. The lowest BCUT2D eigenvalue weighted by atomic mass is 10.0. The van der Waals surface area contributed by atoms with E-state index in [-0.39, 0.29) is 25.0 Å². The van der Waals surface area contributed by atoms with Crippen molar-refractivity contribution in [2.75, 3.05) is 0 Å². The third kappa shape index (κ3) is 7.83. The molecule has 2 aromatic rings. The predicted molar refractivity (Wildman–Crippen MR) is 125 cm³/mol. The average Bonchev–Trinajstić information content (AvgIpc) is 3.21. The van der Waals surface area contributed by atoms with Gasteiger partial charge in [-0.25, -0.2) is 0 Å². The monoisotopic (exact) mass is 498 g/mol. The van der Waals surface area contributed by atoms with Crippen LogP contribution in [0.5, 0.6) is 0 Å². The van der Waals surface area contributed by atoms with Crippen molar-refractivity contribution in [3.8, 4) is 0 Å². The van der Waals surface area contributed by atoms with Gasteiger partial charge in [0, 0.05) is 39.9 Å². The van der Waals surface area contributed by atoms with Crippen molar-refractivity contribution in [2.45, 2.75) is 37.5 Å². The number of nitrogens with one attached hydrogen (secondary N) is 2. The lowest BCUT2D eigenvalue weighted by molar-refractivity contribution is -0.128. The minimum Gasteiger partial charge on any atom is -0.383 e. The van der Waals surface area contributed by atoms with Crippen LogP contribution in [0.4, 0.5) is 0 Å². The van der Waals surface area contributed by atoms with Crippen LogP contribution in [-0.4, -0.2) is 41.0 Å². The van der Waals surface area contributed by atoms with Gasteiger partial charge < -0.3 is 27.2 Å². The van der Waals surface area contributed by atoms with E-state index < -0.39 is 35.9 Å². The fourth-order valence-corrected chi connectivity index (χ4v) is 4.12. The summed E-state index contributed by atoms with van der Waals surface area (Å²) in [5.74, 6) is -2.15. The second-order valence-corrected chi connectivity index (χ2v) is 8.99. The number of rotatable bonds is 12. The molecule has 0 spiro atoms. The van der Waals surface area contributed by atoms with Gasteiger partial charge in [-0.2, -0.15) is 0 Å². The maximum Gasteiger partial charge on any atom is 0.246 e. The summed E-state index contributed by atoms with van der Waals surface area (Å²) in [5.41, 5.74) is 11.4. The molecule has 0 radical (unpaired) electrons. The molecule has 3 atom stereocenters. The van der Waals surface area contributed by atoms with E-state index >= 15 is 0 Å². The van der Waals surface area contributed by atoms with Crippen molar-refractivity contribution in [1.82, 2.24) is 10.6 Å². The van der Waals surface area contributed by atoms with Crippen molar-refractivity contribution in [1.29, 1.82) is 0 Å². The highest BCUT2D eigenvalue weighted by Gasteiger charge is 2.26. The number of hydrogen-bond acceptors (Lipinski definition) is 6. The second-order valence-electron chi connectivity index (χ2n) is 7.11. The SMILES string of the molecule is C=C(C[C@@H](O)C(N)=O)N[C@H](Cc1cccs1)C(=O)N[C@@H](Cc1ccc(Cl)cc1Cl)C(N)=O. The number of aliphatic hydroxyl groups excluding tert-OH is 1. The number of amides is 3. The van der Waals surface area contributed by atoms with Crippen LogP contribution in [0, 0.1) is 0 Å². The number of thiophene rings is 1. The molecular formula is C21H24Cl2N4O4S. The Labute approximate surface area is 199 Å². The third-order valence-corrected chi connectivity index (χ3v) is 6.03. The molecule has 8 nitrogen and oxygen atoms in total. The summed E-state index contributed by atoms with van der Waals surface area (Å²) in [6.07, 6.45) is -1.25. The van der Waals surface area contributed by atoms with E-state index in [1.54, 1.807) is 12.1 Å². The minimum absolute atomic E-state index is 0.0735. The Bertz CT molecular complexity index is 984. The Morgan fingerprint density at radius 1 is 1.06 bits per heavy atom. The molecule has 0 saturated heterocycles. The van der Waals surface area contributed by atoms with Crippen molar-refractivity contribution >= 4 is 52.3 Å². The number of primary amides is 2. The fraction of sp³-hybridized carbons (Fsp3) is 0.286. The van der Waals surface area contributed by atoms with Gasteiger partial charge in [0.2, 0.25) is 17.7 Å². The topological polar surface area (TPSA) is 148 Å². The molecule has 0 unspecified atom stereocenters. The predicted octanol–water partition coefficient (Wildman–Crippen LogP) is 1.52. The van der Waals surface area contributed by atoms with E-state index in [0.717, 1.165) is 4.88 Å². The molecule has 2 rings (SSSR count). The molecule has 172 valence electrons. The third-order valence-electron chi connectivity index (χ3n) is 4.55. The molecule has 32 heavy (non-hydrogen) atoms. The molecule has 0 fully saturated rings. The Kier molecular flexibility index (Phi) is 9.52. The Balaban J connectivity index is 2.15. The number of benzene rings is 1. The first-order chi connectivity index (χ1) is 15.1. The van der Waals surface area contributed by atoms with Crippen LogP contribution in [0.25, 0.3) is 0 Å². The smallest absolute Gasteiger partial charge is 0.246 e. The van der Waals surface area contributed by atoms with Gasteiger partial charge in [-0.05, 0) is 29.1 Å². The first-order valence-electron chi connectivity index (χ1n) is 9.54. The summed E-state index contributed by atoms with van der Waals surface area (Å²) < 4.78 is 0. The van der Waals surface area contributed by atoms with E-state index in [0.29, 0.717) is 15.6 Å². The average molecular weight is 499 g/mol. The molecule has 11 heteroatoms. The summed E-state index contributed by atoms with van der Waals surface area (Å²) >= 11 is 13.5. The van der Waals surface area contributed by atoms with Crippen LogP contribution in [0.3, 0.4) is 0 Å². The molecule has 0 aliphatic heterocycles. The van der Waals surface area contributed by atoms with E-state index in [2.05, 4.69) is 17.2 Å². The van der Waals surface area contributed by atoms with Gasteiger partial charge in [-0.15, -0.1) is 11.3 Å². The van der Waals surface area contributed by atoms with Crippen LogP contribution in [0.2, 0.25) is 10.0 Å². The van der Waals surface area contributed by atoms with Gasteiger partial charge in [-0.1, -0.05) is 41.9 Å². The van der Waals surface area contributed by atoms with Crippen molar-refractivity contribution < 1.29 is 19.5 Å². The second kappa shape index (κ2) is 11.9. The van der Waals surface area contributed by atoms with Crippen molar-refractivity contribution in [2.24, 2.45) is 11.5 Å². The molecule has 1 aromatic carbocycles. The number of halogens is 2. The Hall–Kier alpha value is -2.59. The van der Waals surface area contributed by atoms with E-state index in [9.17, 15) is 19.5 Å². The lowest BCUT2D eigenvalue weighted by Gasteiger charge is -2.24. The molecule has 0 aliphatic rings. The molecule has 0 aliphatic carbocycles. The molecule has 0 bridgehead atoms. The quantitative estimate of drug-likeness (QED) is 0.300. The molecule has 1 aromatic heterocycles. The fourth-order valence-electron chi connectivity index (χ4n) is 2.88. The highest BCUT2D eigenvalue weighted by atomic mass is 35.5. The van der Waals surface area contributed by atoms with Crippen LogP contribution in [-0.2, 0) is 27.2 Å². The van der Waals surface area contributed by atoms with Crippen LogP contribution >= 0.6 is 34.5 Å². The van der Waals surface area contributed by atoms with Gasteiger partial charge in [0.05, 0.1) is 0 Å². The van der Waals surface area contributed by atoms with Crippen molar-refractivity contribution in [3.63, 3.8) is 0 Å². The molecule has 7 N–H and O–H groups in total. The standard InChI is InChI=1S/C21H24Cl2N4O4S/c1-11(7-18(28)20(25)30)26-17(10-14-3-2-6-32-14)21(31)27-16(19(24)29)8-12-4-5-13(22)9-15(12)23/h2-6,9,16-18,26,28H,1,7-8,10H2,(H2,24,29)(H2,25,30)(H,27,31)/t16-,17+,18+/m0/s1. The normalized spacial score (nSPS) is 13.6. The molecule has 1 heterocycles. The number of carbonyl (C=O) groups is 3. The van der Waals surface area contributed by atoms with Gasteiger partial charge in [0.25, 0.3) is 0 Å². The van der Waals surface area contributed by atoms with Crippen LogP contribution in [0.1, 0.15) is 16.9 Å². The lowest BCUT2D eigenvalue weighted by Crippen LogP contribution is -2.53. The summed E-state index contributed by atoms with van der Waals surface area (Å²) in [7, 11) is 0. The molecular weight excluding hydrogens is 475 g/mol. The van der Waals surface area contributed by atoms with E-state index in [4.69, 9.17) is 34.7 Å². The molecule has 3 amide bonds. The highest BCUT2D eigenvalue weighted by Crippen LogP contribution is 2.22. The Morgan fingerprint density at radius 2 is 1.78 bits per heavy atom. The first kappa shape index (κ1) is 25.7. The van der Waals surface area contributed by atoms with E-state index in [1.807, 2.05) is 17.5 Å². The first-order valence-corrected chi connectivity index (χ1v) is 11.2. The van der Waals surface area contributed by atoms with Gasteiger partial charge >= 0.3 is 0 Å². The number of aliphatic hydroxyl groups is 1. The van der Waals surface area contributed by atoms with Crippen LogP contribution < -0.4 is 22.1 Å². The summed E-state index contributed by atoms with van der Waals surface area (Å²) in [4.78, 5) is 37.1. The highest BCUT2D eigenvalue weighted by molar-refractivity contribution is 7.09. The van der Waals surface area contributed by atoms with Crippen LogP contribution in [0.15, 0.2) is 48.0 Å². The largest absolute Gasteiger partial charge is 0.383 e. The Morgan fingerprint density at radius 3 is 2.34 bits per heavy atom. The zero-order valence-electron chi connectivity index (χ0n) is 17.0. The van der Waals surface area contributed by atoms with Gasteiger partial charge in [0.15, 0.2) is 0 Å².